The van der Waals surface area contributed by atoms with Crippen molar-refractivity contribution in [1.82, 2.24) is 10.3 Å². The fraction of sp³-hybridized carbons (Fsp3) is 0.238. The lowest BCUT2D eigenvalue weighted by Crippen LogP contribution is -2.25. The summed E-state index contributed by atoms with van der Waals surface area (Å²) in [6, 6.07) is 13.2. The Hall–Kier alpha value is -2.99. The third-order valence-electron chi connectivity index (χ3n) is 4.43. The Kier molecular flexibility index (Phi) is 5.48. The van der Waals surface area contributed by atoms with E-state index in [-0.39, 0.29) is 12.7 Å². The number of halogens is 1. The van der Waals surface area contributed by atoms with Crippen molar-refractivity contribution in [2.45, 2.75) is 19.3 Å². The zero-order chi connectivity index (χ0) is 19.3. The first-order chi connectivity index (χ1) is 13.7. The van der Waals surface area contributed by atoms with Gasteiger partial charge in [-0.25, -0.2) is 4.98 Å². The molecule has 0 radical (unpaired) electrons. The number of carbonyl (C=O) groups excluding carboxylic acids is 1. The molecule has 0 bridgehead atoms. The predicted molar refractivity (Wildman–Crippen MR) is 105 cm³/mol. The fourth-order valence-corrected chi connectivity index (χ4v) is 3.19. The fourth-order valence-electron chi connectivity index (χ4n) is 2.96. The number of nitrogens with zero attached hydrogens (tertiary/aromatic N) is 1. The zero-order valence-corrected chi connectivity index (χ0v) is 15.9. The smallest absolute Gasteiger partial charge is 0.231 e. The Morgan fingerprint density at radius 2 is 1.96 bits per heavy atom. The number of hydrogen-bond acceptors (Lipinski definition) is 5. The monoisotopic (exact) mass is 398 g/mol. The van der Waals surface area contributed by atoms with Gasteiger partial charge in [0.1, 0.15) is 0 Å². The van der Waals surface area contributed by atoms with Crippen LogP contribution in [0.2, 0.25) is 5.02 Å². The number of carbonyl (C=O) groups is 1. The third kappa shape index (κ3) is 4.28. The molecule has 0 aliphatic carbocycles. The van der Waals surface area contributed by atoms with Crippen molar-refractivity contribution < 1.29 is 18.7 Å². The summed E-state index contributed by atoms with van der Waals surface area (Å²) in [4.78, 5) is 16.3. The predicted octanol–water partition coefficient (Wildman–Crippen LogP) is 4.02. The minimum absolute atomic E-state index is 0.0433. The number of hydrogen-bond donors (Lipinski definition) is 1. The Labute approximate surface area is 167 Å². The van der Waals surface area contributed by atoms with Crippen LogP contribution in [0.15, 0.2) is 53.1 Å². The van der Waals surface area contributed by atoms with Crippen LogP contribution < -0.4 is 14.8 Å². The summed E-state index contributed by atoms with van der Waals surface area (Å²) in [5, 5.41) is 3.52. The number of ether oxygens (including phenoxy) is 2. The van der Waals surface area contributed by atoms with Crippen LogP contribution in [0.4, 0.5) is 0 Å². The molecule has 144 valence electrons. The Morgan fingerprint density at radius 3 is 2.86 bits per heavy atom. The van der Waals surface area contributed by atoms with Crippen LogP contribution in [0, 0.1) is 0 Å². The first kappa shape index (κ1) is 18.4. The van der Waals surface area contributed by atoms with E-state index >= 15 is 0 Å². The second kappa shape index (κ2) is 8.35. The van der Waals surface area contributed by atoms with Gasteiger partial charge >= 0.3 is 0 Å². The molecule has 4 rings (SSSR count). The topological polar surface area (TPSA) is 73.6 Å². The van der Waals surface area contributed by atoms with Crippen molar-refractivity contribution in [2.24, 2.45) is 0 Å². The Balaban J connectivity index is 1.23. The van der Waals surface area contributed by atoms with Gasteiger partial charge in [-0.1, -0.05) is 29.8 Å². The lowest BCUT2D eigenvalue weighted by molar-refractivity contribution is -0.121. The number of fused-ring (bicyclic) bond motifs is 1. The molecule has 1 amide bonds. The Bertz CT molecular complexity index is 986. The lowest BCUT2D eigenvalue weighted by atomic mass is 10.1. The molecule has 6 nitrogen and oxygen atoms in total. The van der Waals surface area contributed by atoms with E-state index in [9.17, 15) is 4.79 Å². The molecule has 0 atom stereocenters. The first-order valence-electron chi connectivity index (χ1n) is 9.04. The second-order valence-corrected chi connectivity index (χ2v) is 6.79. The highest BCUT2D eigenvalue weighted by Gasteiger charge is 2.14. The van der Waals surface area contributed by atoms with E-state index in [0.717, 1.165) is 29.0 Å². The molecule has 0 saturated heterocycles. The minimum Gasteiger partial charge on any atom is -0.454 e. The van der Waals surface area contributed by atoms with Gasteiger partial charge in [-0.15, -0.1) is 0 Å². The molecule has 3 aromatic rings. The van der Waals surface area contributed by atoms with Gasteiger partial charge in [-0.05, 0) is 36.2 Å². The van der Waals surface area contributed by atoms with Crippen LogP contribution >= 0.6 is 11.6 Å². The second-order valence-electron chi connectivity index (χ2n) is 6.39. The molecule has 0 saturated carbocycles. The van der Waals surface area contributed by atoms with E-state index in [1.54, 1.807) is 12.3 Å². The molecule has 1 aliphatic heterocycles. The molecule has 2 aromatic carbocycles. The molecule has 0 fully saturated rings. The van der Waals surface area contributed by atoms with Crippen molar-refractivity contribution in [1.29, 1.82) is 0 Å². The lowest BCUT2D eigenvalue weighted by Gasteiger charge is -2.05. The highest BCUT2D eigenvalue weighted by atomic mass is 35.5. The summed E-state index contributed by atoms with van der Waals surface area (Å²) < 4.78 is 16.4. The standard InChI is InChI=1S/C21H19ClN2O4/c22-16-4-2-1-3-15(16)19-12-24-21(28-19)8-7-20(25)23-10-9-14-5-6-17-18(11-14)27-13-26-17/h1-6,11-12H,7-10,13H2,(H,23,25). The SMILES string of the molecule is O=C(CCc1ncc(-c2ccccc2Cl)o1)NCCc1ccc2c(c1)OCO2. The zero-order valence-electron chi connectivity index (χ0n) is 15.1. The van der Waals surface area contributed by atoms with Crippen LogP contribution in [0.25, 0.3) is 11.3 Å². The van der Waals surface area contributed by atoms with E-state index in [0.29, 0.717) is 36.1 Å². The number of benzene rings is 2. The normalized spacial score (nSPS) is 12.2. The number of nitrogens with one attached hydrogen (secondary N) is 1. The van der Waals surface area contributed by atoms with Crippen molar-refractivity contribution in [2.75, 3.05) is 13.3 Å². The molecule has 1 N–H and O–H groups in total. The van der Waals surface area contributed by atoms with E-state index in [4.69, 9.17) is 25.5 Å². The molecule has 7 heteroatoms. The van der Waals surface area contributed by atoms with Crippen LogP contribution in [-0.4, -0.2) is 24.2 Å². The minimum atomic E-state index is -0.0433. The van der Waals surface area contributed by atoms with Crippen molar-refractivity contribution in [3.05, 3.63) is 65.1 Å². The molecular formula is C21H19ClN2O4. The maximum atomic E-state index is 12.1. The van der Waals surface area contributed by atoms with E-state index in [2.05, 4.69) is 10.3 Å². The number of rotatable bonds is 7. The molecule has 0 unspecified atom stereocenters. The quantitative estimate of drug-likeness (QED) is 0.650. The van der Waals surface area contributed by atoms with Gasteiger partial charge in [-0.2, -0.15) is 0 Å². The Morgan fingerprint density at radius 1 is 1.11 bits per heavy atom. The third-order valence-corrected chi connectivity index (χ3v) is 4.76. The number of oxazole rings is 1. The molecule has 2 heterocycles. The average molecular weight is 399 g/mol. The molecule has 0 spiro atoms. The summed E-state index contributed by atoms with van der Waals surface area (Å²) in [7, 11) is 0. The summed E-state index contributed by atoms with van der Waals surface area (Å²) in [6.07, 6.45) is 3.09. The molecular weight excluding hydrogens is 380 g/mol. The summed E-state index contributed by atoms with van der Waals surface area (Å²) in [5.74, 6) is 2.58. The van der Waals surface area contributed by atoms with E-state index < -0.39 is 0 Å². The van der Waals surface area contributed by atoms with Gasteiger partial charge in [-0.3, -0.25) is 4.79 Å². The summed E-state index contributed by atoms with van der Waals surface area (Å²) in [5.41, 5.74) is 1.87. The highest BCUT2D eigenvalue weighted by Crippen LogP contribution is 2.32. The van der Waals surface area contributed by atoms with E-state index in [1.807, 2.05) is 36.4 Å². The van der Waals surface area contributed by atoms with Crippen molar-refractivity contribution >= 4 is 17.5 Å². The number of aryl methyl sites for hydroxylation is 1. The van der Waals surface area contributed by atoms with E-state index in [1.165, 1.54) is 0 Å². The van der Waals surface area contributed by atoms with Crippen molar-refractivity contribution in [3.8, 4) is 22.8 Å². The van der Waals surface area contributed by atoms with Gasteiger partial charge in [0.2, 0.25) is 12.7 Å². The van der Waals surface area contributed by atoms with Gasteiger partial charge in [0.15, 0.2) is 23.1 Å². The summed E-state index contributed by atoms with van der Waals surface area (Å²) in [6.45, 7) is 0.809. The van der Waals surface area contributed by atoms with Crippen LogP contribution in [-0.2, 0) is 17.6 Å². The highest BCUT2D eigenvalue weighted by molar-refractivity contribution is 6.33. The largest absolute Gasteiger partial charge is 0.454 e. The van der Waals surface area contributed by atoms with Gasteiger partial charge in [0, 0.05) is 24.9 Å². The summed E-state index contributed by atoms with van der Waals surface area (Å²) >= 11 is 6.17. The van der Waals surface area contributed by atoms with Gasteiger partial charge in [0.25, 0.3) is 0 Å². The van der Waals surface area contributed by atoms with Crippen LogP contribution in [0.3, 0.4) is 0 Å². The molecule has 28 heavy (non-hydrogen) atoms. The maximum Gasteiger partial charge on any atom is 0.231 e. The first-order valence-corrected chi connectivity index (χ1v) is 9.41. The van der Waals surface area contributed by atoms with Crippen LogP contribution in [0.5, 0.6) is 11.5 Å². The van der Waals surface area contributed by atoms with Crippen molar-refractivity contribution in [3.63, 3.8) is 0 Å². The number of aromatic nitrogens is 1. The average Bonchev–Trinajstić information content (AvgIpc) is 3.36. The van der Waals surface area contributed by atoms with Gasteiger partial charge in [0.05, 0.1) is 11.2 Å². The maximum absolute atomic E-state index is 12.1. The molecule has 1 aromatic heterocycles. The van der Waals surface area contributed by atoms with Gasteiger partial charge < -0.3 is 19.2 Å². The number of amides is 1. The molecule has 1 aliphatic rings. The van der Waals surface area contributed by atoms with Crippen LogP contribution in [0.1, 0.15) is 17.9 Å².